The Morgan fingerprint density at radius 2 is 1.96 bits per heavy atom. The molecule has 0 radical (unpaired) electrons. The van der Waals surface area contributed by atoms with Gasteiger partial charge in [0.25, 0.3) is 5.91 Å². The molecule has 6 nitrogen and oxygen atoms in total. The summed E-state index contributed by atoms with van der Waals surface area (Å²) in [5, 5.41) is 2.80. The van der Waals surface area contributed by atoms with E-state index in [1.165, 1.54) is 4.31 Å². The van der Waals surface area contributed by atoms with Gasteiger partial charge in [-0.25, -0.2) is 8.42 Å². The molecule has 1 aliphatic rings. The smallest absolute Gasteiger partial charge is 0.263 e. The standard InChI is InChI=1S/C18H20N2O4S/c1-13-8-9-16-15(10-13)20(25(2,22)23)12-17(24-16)18(21)19-11-14-6-4-3-5-7-14/h3-10,17H,11-12H2,1-2H3,(H,19,21). The summed E-state index contributed by atoms with van der Waals surface area (Å²) in [6.45, 7) is 2.19. The lowest BCUT2D eigenvalue weighted by Crippen LogP contribution is -2.50. The fourth-order valence-electron chi connectivity index (χ4n) is 2.71. The Morgan fingerprint density at radius 1 is 1.24 bits per heavy atom. The lowest BCUT2D eigenvalue weighted by molar-refractivity contribution is -0.127. The van der Waals surface area contributed by atoms with Gasteiger partial charge in [-0.05, 0) is 30.2 Å². The van der Waals surface area contributed by atoms with Gasteiger partial charge in [0.1, 0.15) is 5.75 Å². The Morgan fingerprint density at radius 3 is 2.64 bits per heavy atom. The normalized spacial score (nSPS) is 16.7. The van der Waals surface area contributed by atoms with Crippen molar-refractivity contribution in [3.8, 4) is 5.75 Å². The summed E-state index contributed by atoms with van der Waals surface area (Å²) in [5.74, 6) is 0.0471. The molecule has 1 atom stereocenters. The molecule has 2 aromatic rings. The molecule has 0 aliphatic carbocycles. The van der Waals surface area contributed by atoms with Gasteiger partial charge in [-0.15, -0.1) is 0 Å². The SMILES string of the molecule is Cc1ccc2c(c1)N(S(C)(=O)=O)CC(C(=O)NCc1ccccc1)O2. The van der Waals surface area contributed by atoms with E-state index in [0.717, 1.165) is 17.4 Å². The predicted molar refractivity (Wildman–Crippen MR) is 96.1 cm³/mol. The van der Waals surface area contributed by atoms with E-state index in [9.17, 15) is 13.2 Å². The fraction of sp³-hybridized carbons (Fsp3) is 0.278. The van der Waals surface area contributed by atoms with Crippen LogP contribution in [-0.4, -0.2) is 33.2 Å². The molecular formula is C18H20N2O4S. The van der Waals surface area contributed by atoms with Crippen molar-refractivity contribution >= 4 is 21.6 Å². The third-order valence-electron chi connectivity index (χ3n) is 3.99. The van der Waals surface area contributed by atoms with Crippen molar-refractivity contribution in [2.75, 3.05) is 17.1 Å². The number of ether oxygens (including phenoxy) is 1. The number of sulfonamides is 1. The number of nitrogens with zero attached hydrogens (tertiary/aromatic N) is 1. The number of amides is 1. The Kier molecular flexibility index (Phi) is 4.67. The van der Waals surface area contributed by atoms with Gasteiger partial charge < -0.3 is 10.1 Å². The van der Waals surface area contributed by atoms with E-state index in [4.69, 9.17) is 4.74 Å². The van der Waals surface area contributed by atoms with Gasteiger partial charge in [0, 0.05) is 6.54 Å². The minimum Gasteiger partial charge on any atom is -0.476 e. The van der Waals surface area contributed by atoms with Gasteiger partial charge in [0.05, 0.1) is 18.5 Å². The summed E-state index contributed by atoms with van der Waals surface area (Å²) in [4.78, 5) is 12.5. The molecule has 0 aromatic heterocycles. The van der Waals surface area contributed by atoms with Crippen molar-refractivity contribution in [2.24, 2.45) is 0 Å². The summed E-state index contributed by atoms with van der Waals surface area (Å²) >= 11 is 0. The van der Waals surface area contributed by atoms with Crippen molar-refractivity contribution in [3.63, 3.8) is 0 Å². The highest BCUT2D eigenvalue weighted by atomic mass is 32.2. The number of anilines is 1. The molecule has 1 heterocycles. The van der Waals surface area contributed by atoms with E-state index in [1.807, 2.05) is 43.3 Å². The largest absolute Gasteiger partial charge is 0.476 e. The molecular weight excluding hydrogens is 340 g/mol. The molecule has 0 spiro atoms. The summed E-state index contributed by atoms with van der Waals surface area (Å²) in [7, 11) is -3.52. The quantitative estimate of drug-likeness (QED) is 0.903. The molecule has 0 saturated carbocycles. The van der Waals surface area contributed by atoms with Crippen LogP contribution in [0.2, 0.25) is 0 Å². The second-order valence-corrected chi connectivity index (χ2v) is 7.98. The number of benzene rings is 2. The first-order chi connectivity index (χ1) is 11.8. The van der Waals surface area contributed by atoms with Gasteiger partial charge in [-0.1, -0.05) is 36.4 Å². The zero-order valence-corrected chi connectivity index (χ0v) is 14.9. The Bertz CT molecular complexity index is 881. The van der Waals surface area contributed by atoms with Crippen LogP contribution in [-0.2, 0) is 21.4 Å². The number of hydrogen-bond acceptors (Lipinski definition) is 4. The van der Waals surface area contributed by atoms with Crippen LogP contribution in [0.25, 0.3) is 0 Å². The van der Waals surface area contributed by atoms with E-state index >= 15 is 0 Å². The summed E-state index contributed by atoms with van der Waals surface area (Å²) in [6, 6.07) is 14.8. The minimum atomic E-state index is -3.52. The van der Waals surface area contributed by atoms with Crippen molar-refractivity contribution in [1.82, 2.24) is 5.32 Å². The highest BCUT2D eigenvalue weighted by Gasteiger charge is 2.34. The third-order valence-corrected chi connectivity index (χ3v) is 5.13. The average molecular weight is 360 g/mol. The Hall–Kier alpha value is -2.54. The Balaban J connectivity index is 1.79. The zero-order chi connectivity index (χ0) is 18.0. The summed E-state index contributed by atoms with van der Waals surface area (Å²) < 4.78 is 31.3. The van der Waals surface area contributed by atoms with Crippen LogP contribution in [0.1, 0.15) is 11.1 Å². The van der Waals surface area contributed by atoms with E-state index in [0.29, 0.717) is 18.0 Å². The molecule has 1 unspecified atom stereocenters. The van der Waals surface area contributed by atoms with Crippen LogP contribution >= 0.6 is 0 Å². The minimum absolute atomic E-state index is 0.0457. The second-order valence-electron chi connectivity index (χ2n) is 6.08. The molecule has 25 heavy (non-hydrogen) atoms. The highest BCUT2D eigenvalue weighted by molar-refractivity contribution is 7.92. The number of nitrogens with one attached hydrogen (secondary N) is 1. The second kappa shape index (κ2) is 6.76. The Labute approximate surface area is 147 Å². The number of hydrogen-bond donors (Lipinski definition) is 1. The van der Waals surface area contributed by atoms with Crippen LogP contribution in [0.5, 0.6) is 5.75 Å². The van der Waals surface area contributed by atoms with Crippen LogP contribution in [0, 0.1) is 6.92 Å². The topological polar surface area (TPSA) is 75.7 Å². The van der Waals surface area contributed by atoms with Gasteiger partial charge in [0.2, 0.25) is 10.0 Å². The van der Waals surface area contributed by atoms with Crippen molar-refractivity contribution in [1.29, 1.82) is 0 Å². The first-order valence-corrected chi connectivity index (χ1v) is 9.76. The van der Waals surface area contributed by atoms with Crippen LogP contribution in [0.3, 0.4) is 0 Å². The number of carbonyl (C=O) groups excluding carboxylic acids is 1. The van der Waals surface area contributed by atoms with Gasteiger partial charge in [-0.3, -0.25) is 9.10 Å². The van der Waals surface area contributed by atoms with Gasteiger partial charge >= 0.3 is 0 Å². The maximum atomic E-state index is 12.5. The number of aryl methyl sites for hydroxylation is 1. The molecule has 7 heteroatoms. The number of rotatable bonds is 4. The zero-order valence-electron chi connectivity index (χ0n) is 14.1. The molecule has 2 aromatic carbocycles. The predicted octanol–water partition coefficient (Wildman–Crippen LogP) is 1.84. The van der Waals surface area contributed by atoms with Crippen LogP contribution < -0.4 is 14.4 Å². The molecule has 0 fully saturated rings. The molecule has 132 valence electrons. The summed E-state index contributed by atoms with van der Waals surface area (Å²) in [5.41, 5.74) is 2.35. The maximum absolute atomic E-state index is 12.5. The first-order valence-electron chi connectivity index (χ1n) is 7.91. The van der Waals surface area contributed by atoms with Crippen LogP contribution in [0.4, 0.5) is 5.69 Å². The fourth-order valence-corrected chi connectivity index (χ4v) is 3.62. The molecule has 0 saturated heterocycles. The molecule has 1 amide bonds. The summed E-state index contributed by atoms with van der Waals surface area (Å²) in [6.07, 6.45) is 0.234. The van der Waals surface area contributed by atoms with Crippen LogP contribution in [0.15, 0.2) is 48.5 Å². The van der Waals surface area contributed by atoms with Gasteiger partial charge in [0.15, 0.2) is 6.10 Å². The number of fused-ring (bicyclic) bond motifs is 1. The van der Waals surface area contributed by atoms with E-state index in [-0.39, 0.29) is 12.5 Å². The monoisotopic (exact) mass is 360 g/mol. The maximum Gasteiger partial charge on any atom is 0.263 e. The van der Waals surface area contributed by atoms with Crippen molar-refractivity contribution < 1.29 is 17.9 Å². The number of carbonyl (C=O) groups is 1. The molecule has 1 N–H and O–H groups in total. The van der Waals surface area contributed by atoms with E-state index in [2.05, 4.69) is 5.32 Å². The first kappa shape index (κ1) is 17.3. The lowest BCUT2D eigenvalue weighted by atomic mass is 10.1. The molecule has 3 rings (SSSR count). The van der Waals surface area contributed by atoms with Crippen molar-refractivity contribution in [3.05, 3.63) is 59.7 Å². The average Bonchev–Trinajstić information content (AvgIpc) is 2.58. The highest BCUT2D eigenvalue weighted by Crippen LogP contribution is 2.35. The lowest BCUT2D eigenvalue weighted by Gasteiger charge is -2.34. The van der Waals surface area contributed by atoms with Crippen molar-refractivity contribution in [2.45, 2.75) is 19.6 Å². The molecule has 1 aliphatic heterocycles. The third kappa shape index (κ3) is 3.93. The van der Waals surface area contributed by atoms with E-state index < -0.39 is 16.1 Å². The molecule has 0 bridgehead atoms. The van der Waals surface area contributed by atoms with E-state index in [1.54, 1.807) is 12.1 Å². The van der Waals surface area contributed by atoms with Gasteiger partial charge in [-0.2, -0.15) is 0 Å².